The van der Waals surface area contributed by atoms with Crippen molar-refractivity contribution < 1.29 is 26.4 Å². The number of carbonyl (C=O) groups excluding carboxylic acids is 1. The van der Waals surface area contributed by atoms with Gasteiger partial charge in [0.2, 0.25) is 20.0 Å². The molecule has 4 rings (SSSR count). The van der Waals surface area contributed by atoms with Crippen molar-refractivity contribution in [3.05, 3.63) is 54.1 Å². The topological polar surface area (TPSA) is 122 Å². The molecule has 0 aromatic heterocycles. The molecule has 2 aromatic rings. The smallest absolute Gasteiger partial charge is 0.258 e. The maximum absolute atomic E-state index is 12.8. The minimum atomic E-state index is -3.59. The number of hydrogen-bond acceptors (Lipinski definition) is 6. The second-order valence-corrected chi connectivity index (χ2v) is 13.3. The summed E-state index contributed by atoms with van der Waals surface area (Å²) in [5.74, 6) is 0.0414. The molecule has 1 aliphatic carbocycles. The van der Waals surface area contributed by atoms with Crippen LogP contribution in [0.15, 0.2) is 58.3 Å². The van der Waals surface area contributed by atoms with Gasteiger partial charge < -0.3 is 10.1 Å². The van der Waals surface area contributed by atoms with Gasteiger partial charge in [-0.1, -0.05) is 37.8 Å². The lowest BCUT2D eigenvalue weighted by atomic mass is 9.96. The molecule has 37 heavy (non-hydrogen) atoms. The Morgan fingerprint density at radius 3 is 2.05 bits per heavy atom. The van der Waals surface area contributed by atoms with Crippen molar-refractivity contribution in [2.75, 3.05) is 19.7 Å². The fourth-order valence-electron chi connectivity index (χ4n) is 4.66. The molecule has 2 aliphatic rings. The van der Waals surface area contributed by atoms with Crippen molar-refractivity contribution in [1.29, 1.82) is 0 Å². The van der Waals surface area contributed by atoms with Crippen molar-refractivity contribution >= 4 is 26.0 Å². The molecule has 0 spiro atoms. The molecule has 2 N–H and O–H groups in total. The number of piperidine rings is 1. The monoisotopic (exact) mass is 549 g/mol. The Kier molecular flexibility index (Phi) is 9.22. The van der Waals surface area contributed by atoms with E-state index in [0.29, 0.717) is 18.8 Å². The average molecular weight is 550 g/mol. The van der Waals surface area contributed by atoms with E-state index in [1.807, 2.05) is 0 Å². The summed E-state index contributed by atoms with van der Waals surface area (Å²) in [4.78, 5) is 12.6. The second kappa shape index (κ2) is 12.4. The Balaban J connectivity index is 1.23. The maximum atomic E-state index is 12.8. The van der Waals surface area contributed by atoms with Gasteiger partial charge in [0.25, 0.3) is 5.91 Å². The molecule has 2 aromatic carbocycles. The Bertz CT molecular complexity index is 1250. The molecule has 2 fully saturated rings. The quantitative estimate of drug-likeness (QED) is 0.470. The van der Waals surface area contributed by atoms with Gasteiger partial charge in [-0.15, -0.1) is 0 Å². The first-order chi connectivity index (χ1) is 17.7. The molecule has 0 atom stereocenters. The zero-order valence-corrected chi connectivity index (χ0v) is 22.5. The van der Waals surface area contributed by atoms with Crippen LogP contribution in [-0.2, 0) is 31.4 Å². The Morgan fingerprint density at radius 1 is 0.811 bits per heavy atom. The number of carbonyl (C=O) groups is 1. The van der Waals surface area contributed by atoms with Crippen LogP contribution in [0.1, 0.15) is 56.9 Å². The molecule has 202 valence electrons. The lowest BCUT2D eigenvalue weighted by Crippen LogP contribution is -2.36. The summed E-state index contributed by atoms with van der Waals surface area (Å²) in [7, 11) is -7.08. The summed E-state index contributed by atoms with van der Waals surface area (Å²) < 4.78 is 60.5. The van der Waals surface area contributed by atoms with Gasteiger partial charge in [0.1, 0.15) is 5.75 Å². The number of rotatable bonds is 10. The molecule has 1 saturated heterocycles. The van der Waals surface area contributed by atoms with Gasteiger partial charge in [-0.2, -0.15) is 4.31 Å². The third-order valence-electron chi connectivity index (χ3n) is 6.80. The van der Waals surface area contributed by atoms with E-state index in [9.17, 15) is 21.6 Å². The van der Waals surface area contributed by atoms with Crippen molar-refractivity contribution in [3.8, 4) is 5.75 Å². The minimum Gasteiger partial charge on any atom is -0.484 e. The Hall–Kier alpha value is -2.47. The third kappa shape index (κ3) is 7.53. The largest absolute Gasteiger partial charge is 0.484 e. The van der Waals surface area contributed by atoms with Crippen molar-refractivity contribution in [3.63, 3.8) is 0 Å². The molecular formula is C26H35N3O6S2. The minimum absolute atomic E-state index is 0.0198. The lowest BCUT2D eigenvalue weighted by Gasteiger charge is -2.25. The predicted molar refractivity (Wildman–Crippen MR) is 140 cm³/mol. The van der Waals surface area contributed by atoms with Gasteiger partial charge in [0.05, 0.1) is 9.79 Å². The van der Waals surface area contributed by atoms with Crippen LogP contribution in [0.25, 0.3) is 0 Å². The van der Waals surface area contributed by atoms with Crippen LogP contribution >= 0.6 is 0 Å². The number of amides is 1. The van der Waals surface area contributed by atoms with E-state index < -0.39 is 20.0 Å². The van der Waals surface area contributed by atoms with Crippen LogP contribution < -0.4 is 14.8 Å². The molecule has 0 radical (unpaired) electrons. The van der Waals surface area contributed by atoms with Crippen LogP contribution in [0.5, 0.6) is 5.75 Å². The molecule has 1 saturated carbocycles. The first-order valence-corrected chi connectivity index (χ1v) is 15.8. The predicted octanol–water partition coefficient (Wildman–Crippen LogP) is 3.17. The van der Waals surface area contributed by atoms with Crippen LogP contribution in [0.3, 0.4) is 0 Å². The van der Waals surface area contributed by atoms with Gasteiger partial charge in [0, 0.05) is 25.7 Å². The van der Waals surface area contributed by atoms with Gasteiger partial charge in [0.15, 0.2) is 6.61 Å². The van der Waals surface area contributed by atoms with E-state index in [4.69, 9.17) is 4.74 Å². The zero-order valence-electron chi connectivity index (χ0n) is 20.9. The molecule has 1 amide bonds. The zero-order chi connectivity index (χ0) is 26.3. The fourth-order valence-corrected chi connectivity index (χ4v) is 7.48. The maximum Gasteiger partial charge on any atom is 0.258 e. The van der Waals surface area contributed by atoms with E-state index in [2.05, 4.69) is 10.0 Å². The van der Waals surface area contributed by atoms with Crippen LogP contribution in [0, 0.1) is 0 Å². The highest BCUT2D eigenvalue weighted by molar-refractivity contribution is 7.89. The summed E-state index contributed by atoms with van der Waals surface area (Å²) in [6.07, 6.45) is 7.75. The molecule has 1 heterocycles. The second-order valence-electron chi connectivity index (χ2n) is 9.60. The number of benzene rings is 2. The molecule has 1 aliphatic heterocycles. The van der Waals surface area contributed by atoms with Gasteiger partial charge >= 0.3 is 0 Å². The summed E-state index contributed by atoms with van der Waals surface area (Å²) in [6.45, 7) is 1.11. The fraction of sp³-hybridized carbons (Fsp3) is 0.500. The highest BCUT2D eigenvalue weighted by Gasteiger charge is 2.26. The summed E-state index contributed by atoms with van der Waals surface area (Å²) >= 11 is 0. The summed E-state index contributed by atoms with van der Waals surface area (Å²) in [5, 5.41) is 2.74. The first kappa shape index (κ1) is 27.6. The van der Waals surface area contributed by atoms with Crippen molar-refractivity contribution in [2.24, 2.45) is 0 Å². The van der Waals surface area contributed by atoms with E-state index in [-0.39, 0.29) is 34.9 Å². The third-order valence-corrected chi connectivity index (χ3v) is 10.2. The number of nitrogens with one attached hydrogen (secondary N) is 2. The van der Waals surface area contributed by atoms with Crippen LogP contribution in [-0.4, -0.2) is 52.8 Å². The average Bonchev–Trinajstić information content (AvgIpc) is 2.92. The number of nitrogens with zero attached hydrogens (tertiary/aromatic N) is 1. The van der Waals surface area contributed by atoms with E-state index >= 15 is 0 Å². The standard InChI is InChI=1S/C26H35N3O6S2/c30-26(27-19-21-9-13-25(14-10-21)37(33,34)29-17-5-2-6-18-29)20-35-23-11-15-24(16-12-23)36(31,32)28-22-7-3-1-4-8-22/h9-16,22,28H,1-8,17-20H2,(H,27,30). The van der Waals surface area contributed by atoms with Crippen molar-refractivity contribution in [1.82, 2.24) is 14.3 Å². The summed E-state index contributed by atoms with van der Waals surface area (Å²) in [6, 6.07) is 12.5. The Labute approximate surface area is 219 Å². The first-order valence-electron chi connectivity index (χ1n) is 12.8. The molecular weight excluding hydrogens is 514 g/mol. The number of sulfonamides is 2. The highest BCUT2D eigenvalue weighted by atomic mass is 32.2. The molecule has 0 bridgehead atoms. The number of hydrogen-bond donors (Lipinski definition) is 2. The van der Waals surface area contributed by atoms with Gasteiger partial charge in [-0.3, -0.25) is 4.79 Å². The molecule has 11 heteroatoms. The van der Waals surface area contributed by atoms with E-state index in [1.54, 1.807) is 24.3 Å². The van der Waals surface area contributed by atoms with Gasteiger partial charge in [-0.25, -0.2) is 21.6 Å². The molecule has 0 unspecified atom stereocenters. The lowest BCUT2D eigenvalue weighted by molar-refractivity contribution is -0.123. The van der Waals surface area contributed by atoms with E-state index in [0.717, 1.165) is 56.9 Å². The van der Waals surface area contributed by atoms with E-state index in [1.165, 1.54) is 28.6 Å². The van der Waals surface area contributed by atoms with Gasteiger partial charge in [-0.05, 0) is 67.6 Å². The van der Waals surface area contributed by atoms with Crippen molar-refractivity contribution in [2.45, 2.75) is 73.7 Å². The van der Waals surface area contributed by atoms with Crippen LogP contribution in [0.2, 0.25) is 0 Å². The van der Waals surface area contributed by atoms with Crippen LogP contribution in [0.4, 0.5) is 0 Å². The highest BCUT2D eigenvalue weighted by Crippen LogP contribution is 2.22. The normalized spacial score (nSPS) is 17.8. The summed E-state index contributed by atoms with van der Waals surface area (Å²) in [5.41, 5.74) is 0.769. The SMILES string of the molecule is O=C(COc1ccc(S(=O)(=O)NC2CCCCC2)cc1)NCc1ccc(S(=O)(=O)N2CCCCC2)cc1. The Morgan fingerprint density at radius 2 is 1.41 bits per heavy atom. The molecule has 9 nitrogen and oxygen atoms in total. The number of ether oxygens (including phenoxy) is 1.